The topological polar surface area (TPSA) is 107 Å². The van der Waals surface area contributed by atoms with Crippen molar-refractivity contribution in [2.45, 2.75) is 56.5 Å². The van der Waals surface area contributed by atoms with Gasteiger partial charge in [0, 0.05) is 54.1 Å². The number of phenols is 2. The summed E-state index contributed by atoms with van der Waals surface area (Å²) in [5.74, 6) is -2.20. The van der Waals surface area contributed by atoms with Crippen molar-refractivity contribution in [3.8, 4) is 11.5 Å². The average Bonchev–Trinajstić information content (AvgIpc) is 2.93. The summed E-state index contributed by atoms with van der Waals surface area (Å²) in [5.41, 5.74) is 1.99. The quantitative estimate of drug-likeness (QED) is 0.344. The number of halogens is 1. The molecule has 0 amide bonds. The Balaban J connectivity index is 1.66. The zero-order chi connectivity index (χ0) is 29.3. The number of phenolic OH excluding ortho intramolecular Hbond substituents is 2. The van der Waals surface area contributed by atoms with E-state index in [1.165, 1.54) is 18.2 Å². The number of benzene rings is 3. The van der Waals surface area contributed by atoms with E-state index < -0.39 is 27.8 Å². The second-order valence-electron chi connectivity index (χ2n) is 11.4. The van der Waals surface area contributed by atoms with Crippen molar-refractivity contribution in [2.75, 3.05) is 19.3 Å². The highest BCUT2D eigenvalue weighted by molar-refractivity contribution is 7.88. The molecule has 5 rings (SSSR count). The minimum atomic E-state index is -3.47. The highest BCUT2D eigenvalue weighted by Gasteiger charge is 2.47. The van der Waals surface area contributed by atoms with Gasteiger partial charge in [-0.1, -0.05) is 49.2 Å². The van der Waals surface area contributed by atoms with Crippen LogP contribution in [-0.4, -0.2) is 60.7 Å². The zero-order valence-corrected chi connectivity index (χ0v) is 24.1. The molecule has 1 saturated carbocycles. The Morgan fingerprint density at radius 3 is 2.54 bits per heavy atom. The second kappa shape index (κ2) is 11.9. The molecule has 1 aliphatic heterocycles. The lowest BCUT2D eigenvalue weighted by Crippen LogP contribution is -2.58. The van der Waals surface area contributed by atoms with Crippen LogP contribution >= 0.6 is 0 Å². The van der Waals surface area contributed by atoms with E-state index in [1.54, 1.807) is 43.3 Å². The van der Waals surface area contributed by atoms with E-state index in [0.29, 0.717) is 41.8 Å². The average molecular weight is 580 g/mol. The van der Waals surface area contributed by atoms with Crippen molar-refractivity contribution in [1.82, 2.24) is 9.62 Å². The number of likely N-dealkylation sites (tertiary alicyclic amines) is 1. The van der Waals surface area contributed by atoms with Gasteiger partial charge in [0.05, 0.1) is 6.26 Å². The number of nitrogens with zero attached hydrogens (tertiary/aromatic N) is 1. The molecule has 3 N–H and O–H groups in total. The molecule has 9 heteroatoms. The van der Waals surface area contributed by atoms with E-state index in [0.717, 1.165) is 25.5 Å². The molecule has 1 aliphatic carbocycles. The zero-order valence-electron chi connectivity index (χ0n) is 23.3. The molecular formula is C32H36FN2O5S. The van der Waals surface area contributed by atoms with Gasteiger partial charge in [0.25, 0.3) is 0 Å². The van der Waals surface area contributed by atoms with E-state index in [9.17, 15) is 27.8 Å². The Morgan fingerprint density at radius 2 is 1.80 bits per heavy atom. The third kappa shape index (κ3) is 6.32. The monoisotopic (exact) mass is 579 g/mol. The third-order valence-electron chi connectivity index (χ3n) is 8.67. The Kier molecular flexibility index (Phi) is 8.50. The van der Waals surface area contributed by atoms with Crippen molar-refractivity contribution in [3.63, 3.8) is 0 Å². The number of Topliss-reactive ketones (excluding diaryl/α,β-unsaturated/α-hetero) is 1. The van der Waals surface area contributed by atoms with Gasteiger partial charge in [-0.25, -0.2) is 17.5 Å². The van der Waals surface area contributed by atoms with Gasteiger partial charge in [0.1, 0.15) is 17.3 Å². The number of ketones is 1. The first-order valence-corrected chi connectivity index (χ1v) is 15.9. The van der Waals surface area contributed by atoms with Crippen molar-refractivity contribution in [3.05, 3.63) is 94.8 Å². The number of hydrogen-bond donors (Lipinski definition) is 3. The van der Waals surface area contributed by atoms with Gasteiger partial charge >= 0.3 is 0 Å². The number of piperidine rings is 1. The fourth-order valence-electron chi connectivity index (χ4n) is 6.87. The lowest BCUT2D eigenvalue weighted by molar-refractivity contribution is 0.0482. The fourth-order valence-corrected chi connectivity index (χ4v) is 7.69. The molecule has 217 valence electrons. The van der Waals surface area contributed by atoms with E-state index >= 15 is 0 Å². The molecule has 3 aromatic rings. The van der Waals surface area contributed by atoms with Crippen LogP contribution in [0.5, 0.6) is 11.5 Å². The summed E-state index contributed by atoms with van der Waals surface area (Å²) in [6.45, 7) is 2.43. The number of carbonyl (C=O) groups excluding carboxylic acids is 1. The molecule has 0 spiro atoms. The van der Waals surface area contributed by atoms with Gasteiger partial charge in [-0.05, 0) is 61.2 Å². The van der Waals surface area contributed by atoms with Crippen LogP contribution in [0.3, 0.4) is 0 Å². The molecule has 0 bridgehead atoms. The molecule has 1 radical (unpaired) electrons. The van der Waals surface area contributed by atoms with Gasteiger partial charge in [-0.15, -0.1) is 0 Å². The van der Waals surface area contributed by atoms with E-state index in [2.05, 4.69) is 15.7 Å². The molecule has 2 unspecified atom stereocenters. The molecule has 1 saturated heterocycles. The maximum Gasteiger partial charge on any atom is 0.209 e. The highest BCUT2D eigenvalue weighted by Crippen LogP contribution is 2.48. The molecule has 2 aliphatic rings. The molecular weight excluding hydrogens is 543 g/mol. The summed E-state index contributed by atoms with van der Waals surface area (Å²) < 4.78 is 42.3. The number of aromatic hydroxyl groups is 2. The first-order valence-electron chi connectivity index (χ1n) is 14.0. The normalized spacial score (nSPS) is 25.6. The Bertz CT molecular complexity index is 1530. The van der Waals surface area contributed by atoms with Crippen LogP contribution in [0.15, 0.2) is 60.7 Å². The second-order valence-corrected chi connectivity index (χ2v) is 13.2. The van der Waals surface area contributed by atoms with Gasteiger partial charge < -0.3 is 10.2 Å². The van der Waals surface area contributed by atoms with Crippen LogP contribution in [0, 0.1) is 24.7 Å². The number of carbonyl (C=O) groups is 1. The molecule has 7 nitrogen and oxygen atoms in total. The standard InChI is InChI=1S/C32H36FN2O5S/c1-20-23(12-8-13-27(20)33)31-25(24-11-3-6-16-30(24)37)18-35(29-15-5-4-14-28(29)34-41(2,39)40)19-26(31)32(38)21-9-7-10-22(36)17-21/h3,6-10,12-13,16-17,25-26,28-29,31,34,36-37H,4-5,14-15,18-19H2,1-2H3/t25-,26+,28?,29?,31-/m1/s1. The van der Waals surface area contributed by atoms with Crippen LogP contribution < -0.4 is 4.72 Å². The van der Waals surface area contributed by atoms with Gasteiger partial charge in [-0.2, -0.15) is 0 Å². The number of sulfonamides is 1. The summed E-state index contributed by atoms with van der Waals surface area (Å²) in [4.78, 5) is 16.5. The Hall–Kier alpha value is -3.27. The van der Waals surface area contributed by atoms with Gasteiger partial charge in [-0.3, -0.25) is 9.69 Å². The predicted octanol–water partition coefficient (Wildman–Crippen LogP) is 4.89. The first kappa shape index (κ1) is 29.2. The molecule has 5 atom stereocenters. The predicted molar refractivity (Wildman–Crippen MR) is 155 cm³/mol. The molecule has 3 aromatic carbocycles. The van der Waals surface area contributed by atoms with Crippen molar-refractivity contribution >= 4 is 15.8 Å². The van der Waals surface area contributed by atoms with Crippen LogP contribution in [-0.2, 0) is 10.0 Å². The smallest absolute Gasteiger partial charge is 0.209 e. The lowest BCUT2D eigenvalue weighted by Gasteiger charge is -2.49. The SMILES string of the molecule is Cc1c(F)cccc1[C@H]1[C@@H](C(=O)c2cccc(O)c2)CN(C2CCCCC2NS(C)(=O)=O)C[C@@H]1c1[c]cccc1O. The summed E-state index contributed by atoms with van der Waals surface area (Å²) in [5, 5.41) is 21.2. The van der Waals surface area contributed by atoms with Gasteiger partial charge in [0.15, 0.2) is 5.78 Å². The van der Waals surface area contributed by atoms with E-state index in [-0.39, 0.29) is 35.2 Å². The molecule has 41 heavy (non-hydrogen) atoms. The summed E-state index contributed by atoms with van der Waals surface area (Å²) in [6.07, 6.45) is 4.41. The van der Waals surface area contributed by atoms with Crippen LogP contribution in [0.2, 0.25) is 0 Å². The van der Waals surface area contributed by atoms with E-state index in [4.69, 9.17) is 0 Å². The summed E-state index contributed by atoms with van der Waals surface area (Å²) >= 11 is 0. The van der Waals surface area contributed by atoms with Crippen LogP contribution in [0.4, 0.5) is 4.39 Å². The number of hydrogen-bond acceptors (Lipinski definition) is 6. The van der Waals surface area contributed by atoms with Crippen molar-refractivity contribution < 1.29 is 27.8 Å². The molecule has 0 aromatic heterocycles. The van der Waals surface area contributed by atoms with E-state index in [1.807, 2.05) is 6.07 Å². The molecule has 1 heterocycles. The highest BCUT2D eigenvalue weighted by atomic mass is 32.2. The fraction of sp³-hybridized carbons (Fsp3) is 0.406. The number of nitrogens with one attached hydrogen (secondary N) is 1. The van der Waals surface area contributed by atoms with Crippen molar-refractivity contribution in [1.29, 1.82) is 0 Å². The van der Waals surface area contributed by atoms with Crippen LogP contribution in [0.1, 0.15) is 64.6 Å². The minimum absolute atomic E-state index is 0.0303. The third-order valence-corrected chi connectivity index (χ3v) is 9.40. The lowest BCUT2D eigenvalue weighted by atomic mass is 9.67. The maximum absolute atomic E-state index is 15.0. The Morgan fingerprint density at radius 1 is 1.05 bits per heavy atom. The Labute approximate surface area is 241 Å². The first-order chi connectivity index (χ1) is 19.5. The minimum Gasteiger partial charge on any atom is -0.508 e. The van der Waals surface area contributed by atoms with Gasteiger partial charge in [0.2, 0.25) is 10.0 Å². The largest absolute Gasteiger partial charge is 0.508 e. The summed E-state index contributed by atoms with van der Waals surface area (Å²) in [6, 6.07) is 18.8. The maximum atomic E-state index is 15.0. The van der Waals surface area contributed by atoms with Crippen molar-refractivity contribution in [2.24, 2.45) is 5.92 Å². The number of rotatable bonds is 7. The van der Waals surface area contributed by atoms with Crippen LogP contribution in [0.25, 0.3) is 0 Å². The summed E-state index contributed by atoms with van der Waals surface area (Å²) in [7, 11) is -3.47. The molecule has 2 fully saturated rings.